The Morgan fingerprint density at radius 3 is 2.00 bits per heavy atom. The van der Waals surface area contributed by atoms with E-state index in [2.05, 4.69) is 30.6 Å². The minimum atomic E-state index is 0.824. The SMILES string of the molecule is CC(C)CN1CCC(CN2CCC(C)CC2)CC1. The van der Waals surface area contributed by atoms with Crippen LogP contribution in [0, 0.1) is 17.8 Å². The second-order valence-electron chi connectivity index (χ2n) is 7.12. The number of nitrogens with zero attached hydrogens (tertiary/aromatic N) is 2. The Kier molecular flexibility index (Phi) is 5.50. The highest BCUT2D eigenvalue weighted by Gasteiger charge is 2.23. The van der Waals surface area contributed by atoms with E-state index in [1.165, 1.54) is 65.0 Å². The molecule has 0 atom stereocenters. The van der Waals surface area contributed by atoms with Gasteiger partial charge in [-0.2, -0.15) is 0 Å². The molecule has 2 heteroatoms. The first-order valence-electron chi connectivity index (χ1n) is 8.08. The van der Waals surface area contributed by atoms with Crippen LogP contribution in [0.1, 0.15) is 46.5 Å². The maximum Gasteiger partial charge on any atom is 0.00106 e. The van der Waals surface area contributed by atoms with Crippen molar-refractivity contribution in [1.82, 2.24) is 9.80 Å². The molecule has 0 unspecified atom stereocenters. The second-order valence-corrected chi connectivity index (χ2v) is 7.12. The van der Waals surface area contributed by atoms with Crippen LogP contribution in [0.2, 0.25) is 0 Å². The summed E-state index contributed by atoms with van der Waals surface area (Å²) in [5.74, 6) is 2.76. The quantitative estimate of drug-likeness (QED) is 0.758. The van der Waals surface area contributed by atoms with Crippen LogP contribution >= 0.6 is 0 Å². The predicted octanol–water partition coefficient (Wildman–Crippen LogP) is 3.09. The van der Waals surface area contributed by atoms with Crippen LogP contribution in [0.4, 0.5) is 0 Å². The van der Waals surface area contributed by atoms with Crippen molar-refractivity contribution in [3.05, 3.63) is 0 Å². The summed E-state index contributed by atoms with van der Waals surface area (Å²) in [5.41, 5.74) is 0. The van der Waals surface area contributed by atoms with Gasteiger partial charge in [0.05, 0.1) is 0 Å². The van der Waals surface area contributed by atoms with E-state index < -0.39 is 0 Å². The minimum Gasteiger partial charge on any atom is -0.303 e. The van der Waals surface area contributed by atoms with Crippen molar-refractivity contribution in [2.45, 2.75) is 46.5 Å². The molecule has 0 radical (unpaired) electrons. The van der Waals surface area contributed by atoms with Gasteiger partial charge in [-0.15, -0.1) is 0 Å². The summed E-state index contributed by atoms with van der Waals surface area (Å²) in [7, 11) is 0. The fourth-order valence-corrected chi connectivity index (χ4v) is 3.48. The molecule has 2 fully saturated rings. The molecule has 0 aliphatic carbocycles. The summed E-state index contributed by atoms with van der Waals surface area (Å²) in [6.45, 7) is 15.1. The fraction of sp³-hybridized carbons (Fsp3) is 1.00. The molecule has 2 nitrogen and oxygen atoms in total. The van der Waals surface area contributed by atoms with Crippen molar-refractivity contribution in [2.24, 2.45) is 17.8 Å². The molecule has 2 rings (SSSR count). The van der Waals surface area contributed by atoms with Crippen LogP contribution in [0.5, 0.6) is 0 Å². The Hall–Kier alpha value is -0.0800. The number of hydrogen-bond acceptors (Lipinski definition) is 2. The average molecular weight is 252 g/mol. The lowest BCUT2D eigenvalue weighted by molar-refractivity contribution is 0.115. The van der Waals surface area contributed by atoms with Crippen LogP contribution in [0.15, 0.2) is 0 Å². The van der Waals surface area contributed by atoms with Crippen LogP contribution in [0.3, 0.4) is 0 Å². The van der Waals surface area contributed by atoms with Crippen LogP contribution in [-0.4, -0.2) is 49.1 Å². The number of likely N-dealkylation sites (tertiary alicyclic amines) is 2. The molecule has 0 saturated carbocycles. The molecule has 106 valence electrons. The molecule has 0 bridgehead atoms. The molecule has 2 aliphatic heterocycles. The molecule has 0 aromatic heterocycles. The van der Waals surface area contributed by atoms with Crippen LogP contribution < -0.4 is 0 Å². The Morgan fingerprint density at radius 2 is 1.44 bits per heavy atom. The number of hydrogen-bond donors (Lipinski definition) is 0. The van der Waals surface area contributed by atoms with Gasteiger partial charge >= 0.3 is 0 Å². The van der Waals surface area contributed by atoms with E-state index in [-0.39, 0.29) is 0 Å². The molecular weight excluding hydrogens is 220 g/mol. The maximum absolute atomic E-state index is 2.72. The molecule has 2 aliphatic rings. The van der Waals surface area contributed by atoms with Crippen LogP contribution in [-0.2, 0) is 0 Å². The molecule has 0 aromatic carbocycles. The van der Waals surface area contributed by atoms with Crippen molar-refractivity contribution in [3.8, 4) is 0 Å². The van der Waals surface area contributed by atoms with Gasteiger partial charge in [-0.25, -0.2) is 0 Å². The first-order chi connectivity index (χ1) is 8.63. The van der Waals surface area contributed by atoms with Crippen molar-refractivity contribution >= 4 is 0 Å². The Bertz CT molecular complexity index is 223. The Morgan fingerprint density at radius 1 is 0.889 bits per heavy atom. The standard InChI is InChI=1S/C16H32N2/c1-14(2)12-17-10-6-16(7-11-17)13-18-8-4-15(3)5-9-18/h14-16H,4-13H2,1-3H3. The van der Waals surface area contributed by atoms with Gasteiger partial charge in [0.2, 0.25) is 0 Å². The summed E-state index contributed by atoms with van der Waals surface area (Å²) in [6.07, 6.45) is 5.70. The van der Waals surface area contributed by atoms with Gasteiger partial charge in [0.1, 0.15) is 0 Å². The highest BCUT2D eigenvalue weighted by atomic mass is 15.2. The monoisotopic (exact) mass is 252 g/mol. The molecule has 0 aromatic rings. The summed E-state index contributed by atoms with van der Waals surface area (Å²) < 4.78 is 0. The largest absolute Gasteiger partial charge is 0.303 e. The maximum atomic E-state index is 2.72. The normalized spacial score (nSPS) is 26.0. The summed E-state index contributed by atoms with van der Waals surface area (Å²) in [5, 5.41) is 0. The number of rotatable bonds is 4. The highest BCUT2D eigenvalue weighted by Crippen LogP contribution is 2.22. The van der Waals surface area contributed by atoms with E-state index >= 15 is 0 Å². The van der Waals surface area contributed by atoms with Gasteiger partial charge in [0.25, 0.3) is 0 Å². The molecular formula is C16H32N2. The van der Waals surface area contributed by atoms with Gasteiger partial charge in [-0.05, 0) is 69.6 Å². The zero-order valence-corrected chi connectivity index (χ0v) is 12.7. The van der Waals surface area contributed by atoms with Gasteiger partial charge in [-0.3, -0.25) is 0 Å². The minimum absolute atomic E-state index is 0.824. The fourth-order valence-electron chi connectivity index (χ4n) is 3.48. The van der Waals surface area contributed by atoms with Crippen molar-refractivity contribution in [1.29, 1.82) is 0 Å². The first-order valence-corrected chi connectivity index (χ1v) is 8.08. The van der Waals surface area contributed by atoms with E-state index in [0.717, 1.165) is 17.8 Å². The van der Waals surface area contributed by atoms with E-state index in [1.54, 1.807) is 0 Å². The smallest absolute Gasteiger partial charge is 0.00106 e. The lowest BCUT2D eigenvalue weighted by Gasteiger charge is -2.37. The molecule has 0 spiro atoms. The van der Waals surface area contributed by atoms with Crippen molar-refractivity contribution < 1.29 is 0 Å². The van der Waals surface area contributed by atoms with Gasteiger partial charge < -0.3 is 9.80 Å². The van der Waals surface area contributed by atoms with E-state index in [0.29, 0.717) is 0 Å². The second kappa shape index (κ2) is 6.91. The molecule has 2 heterocycles. The van der Waals surface area contributed by atoms with E-state index in [4.69, 9.17) is 0 Å². The molecule has 2 saturated heterocycles. The van der Waals surface area contributed by atoms with E-state index in [1.807, 2.05) is 0 Å². The number of piperidine rings is 2. The first kappa shape index (κ1) is 14.3. The third-order valence-electron chi connectivity index (χ3n) is 4.72. The Balaban J connectivity index is 1.64. The third kappa shape index (κ3) is 4.55. The average Bonchev–Trinajstić information content (AvgIpc) is 2.34. The van der Waals surface area contributed by atoms with Crippen LogP contribution in [0.25, 0.3) is 0 Å². The summed E-state index contributed by atoms with van der Waals surface area (Å²) >= 11 is 0. The van der Waals surface area contributed by atoms with Gasteiger partial charge in [0, 0.05) is 13.1 Å². The van der Waals surface area contributed by atoms with E-state index in [9.17, 15) is 0 Å². The molecule has 0 N–H and O–H groups in total. The van der Waals surface area contributed by atoms with Gasteiger partial charge in [-0.1, -0.05) is 20.8 Å². The lowest BCUT2D eigenvalue weighted by Crippen LogP contribution is -2.42. The predicted molar refractivity (Wildman–Crippen MR) is 78.8 cm³/mol. The van der Waals surface area contributed by atoms with Crippen molar-refractivity contribution in [3.63, 3.8) is 0 Å². The molecule has 18 heavy (non-hydrogen) atoms. The zero-order chi connectivity index (χ0) is 13.0. The summed E-state index contributed by atoms with van der Waals surface area (Å²) in [6, 6.07) is 0. The topological polar surface area (TPSA) is 6.48 Å². The zero-order valence-electron chi connectivity index (χ0n) is 12.7. The third-order valence-corrected chi connectivity index (χ3v) is 4.72. The summed E-state index contributed by atoms with van der Waals surface area (Å²) in [4.78, 5) is 5.39. The highest BCUT2D eigenvalue weighted by molar-refractivity contribution is 4.78. The van der Waals surface area contributed by atoms with Crippen molar-refractivity contribution in [2.75, 3.05) is 39.3 Å². The van der Waals surface area contributed by atoms with Gasteiger partial charge in [0.15, 0.2) is 0 Å². The molecule has 0 amide bonds. The lowest BCUT2D eigenvalue weighted by atomic mass is 9.93. The Labute approximate surface area is 114 Å².